The molecule has 17 heavy (non-hydrogen) atoms. The molecule has 2 N–H and O–H groups in total. The Hall–Kier alpha value is -0.630. The second-order valence-electron chi connectivity index (χ2n) is 3.40. The van der Waals surface area contributed by atoms with E-state index in [1.807, 2.05) is 6.07 Å². The lowest BCUT2D eigenvalue weighted by molar-refractivity contribution is -0.121. The highest BCUT2D eigenvalue weighted by molar-refractivity contribution is 7.88. The smallest absolute Gasteiger partial charge is 0.221 e. The van der Waals surface area contributed by atoms with E-state index in [0.717, 1.165) is 11.1 Å². The van der Waals surface area contributed by atoms with Gasteiger partial charge in [-0.3, -0.25) is 4.79 Å². The van der Waals surface area contributed by atoms with E-state index in [4.69, 9.17) is 11.6 Å². The lowest BCUT2D eigenvalue weighted by Gasteiger charge is -2.04. The van der Waals surface area contributed by atoms with Gasteiger partial charge in [0.05, 0.1) is 17.1 Å². The van der Waals surface area contributed by atoms with Crippen molar-refractivity contribution in [3.63, 3.8) is 0 Å². The van der Waals surface area contributed by atoms with Crippen LogP contribution in [0, 0.1) is 0 Å². The average Bonchev–Trinajstić information content (AvgIpc) is 2.59. The molecule has 5 nitrogen and oxygen atoms in total. The molecule has 0 bridgehead atoms. The summed E-state index contributed by atoms with van der Waals surface area (Å²) in [5.41, 5.74) is 0. The van der Waals surface area contributed by atoms with Gasteiger partial charge in [-0.2, -0.15) is 0 Å². The van der Waals surface area contributed by atoms with Crippen molar-refractivity contribution in [3.05, 3.63) is 21.3 Å². The molecular formula is C9H13ClN2O3S2. The summed E-state index contributed by atoms with van der Waals surface area (Å²) in [5, 5.41) is 2.68. The molecule has 1 aromatic heterocycles. The van der Waals surface area contributed by atoms with Crippen LogP contribution in [0.4, 0.5) is 0 Å². The van der Waals surface area contributed by atoms with Crippen LogP contribution in [-0.2, 0) is 21.4 Å². The van der Waals surface area contributed by atoms with Gasteiger partial charge in [0.25, 0.3) is 0 Å². The number of sulfonamides is 1. The van der Waals surface area contributed by atoms with Crippen LogP contribution in [0.25, 0.3) is 0 Å². The Morgan fingerprint density at radius 1 is 1.47 bits per heavy atom. The second-order valence-corrected chi connectivity index (χ2v) is 7.03. The van der Waals surface area contributed by atoms with E-state index in [0.29, 0.717) is 10.9 Å². The standard InChI is InChI=1S/C9H13ClN2O3S2/c1-17(14,15)12-5-4-9(13)11-6-7-2-3-8(10)16-7/h2-3,12H,4-6H2,1H3,(H,11,13). The van der Waals surface area contributed by atoms with Gasteiger partial charge in [0.2, 0.25) is 15.9 Å². The molecule has 0 radical (unpaired) electrons. The maximum absolute atomic E-state index is 11.3. The Kier molecular flexibility index (Phi) is 5.38. The van der Waals surface area contributed by atoms with Crippen LogP contribution in [0.3, 0.4) is 0 Å². The zero-order chi connectivity index (χ0) is 12.9. The van der Waals surface area contributed by atoms with Crippen molar-refractivity contribution in [1.82, 2.24) is 10.0 Å². The van der Waals surface area contributed by atoms with E-state index in [1.165, 1.54) is 11.3 Å². The van der Waals surface area contributed by atoms with E-state index >= 15 is 0 Å². The van der Waals surface area contributed by atoms with E-state index in [1.54, 1.807) is 6.07 Å². The Morgan fingerprint density at radius 2 is 2.18 bits per heavy atom. The minimum Gasteiger partial charge on any atom is -0.351 e. The van der Waals surface area contributed by atoms with Gasteiger partial charge in [0, 0.05) is 17.8 Å². The molecule has 1 rings (SSSR count). The number of halogens is 1. The first-order valence-electron chi connectivity index (χ1n) is 4.82. The molecule has 0 saturated carbocycles. The van der Waals surface area contributed by atoms with Crippen molar-refractivity contribution >= 4 is 38.9 Å². The molecule has 0 aromatic carbocycles. The van der Waals surface area contributed by atoms with Gasteiger partial charge in [-0.25, -0.2) is 13.1 Å². The van der Waals surface area contributed by atoms with Crippen LogP contribution in [-0.4, -0.2) is 27.1 Å². The van der Waals surface area contributed by atoms with Crippen LogP contribution in [0.5, 0.6) is 0 Å². The number of hydrogen-bond donors (Lipinski definition) is 2. The SMILES string of the molecule is CS(=O)(=O)NCCC(=O)NCc1ccc(Cl)s1. The summed E-state index contributed by atoms with van der Waals surface area (Å²) in [5.74, 6) is -0.203. The maximum atomic E-state index is 11.3. The quantitative estimate of drug-likeness (QED) is 0.821. The van der Waals surface area contributed by atoms with Gasteiger partial charge < -0.3 is 5.32 Å². The van der Waals surface area contributed by atoms with Crippen molar-refractivity contribution in [2.24, 2.45) is 0 Å². The van der Waals surface area contributed by atoms with E-state index < -0.39 is 10.0 Å². The largest absolute Gasteiger partial charge is 0.351 e. The highest BCUT2D eigenvalue weighted by atomic mass is 35.5. The summed E-state index contributed by atoms with van der Waals surface area (Å²) >= 11 is 7.14. The Morgan fingerprint density at radius 3 is 2.71 bits per heavy atom. The molecule has 96 valence electrons. The van der Waals surface area contributed by atoms with Crippen molar-refractivity contribution in [3.8, 4) is 0 Å². The summed E-state index contributed by atoms with van der Waals surface area (Å²) in [6.07, 6.45) is 1.17. The number of hydrogen-bond acceptors (Lipinski definition) is 4. The summed E-state index contributed by atoms with van der Waals surface area (Å²) < 4.78 is 24.4. The molecule has 1 aromatic rings. The van der Waals surface area contributed by atoms with Crippen molar-refractivity contribution in [2.45, 2.75) is 13.0 Å². The molecular weight excluding hydrogens is 284 g/mol. The first-order chi connectivity index (χ1) is 7.87. The predicted octanol–water partition coefficient (Wildman–Crippen LogP) is 0.957. The van der Waals surface area contributed by atoms with Crippen LogP contribution < -0.4 is 10.0 Å². The molecule has 1 amide bonds. The average molecular weight is 297 g/mol. The zero-order valence-electron chi connectivity index (χ0n) is 9.20. The van der Waals surface area contributed by atoms with Crippen LogP contribution in [0.1, 0.15) is 11.3 Å². The van der Waals surface area contributed by atoms with Crippen LogP contribution in [0.15, 0.2) is 12.1 Å². The fraction of sp³-hybridized carbons (Fsp3) is 0.444. The topological polar surface area (TPSA) is 75.3 Å². The third kappa shape index (κ3) is 6.62. The Bertz CT molecular complexity index is 484. The van der Waals surface area contributed by atoms with Crippen LogP contribution >= 0.6 is 22.9 Å². The Labute approximate surface area is 109 Å². The van der Waals surface area contributed by atoms with Gasteiger partial charge in [-0.05, 0) is 12.1 Å². The van der Waals surface area contributed by atoms with Crippen molar-refractivity contribution in [1.29, 1.82) is 0 Å². The molecule has 0 aliphatic carbocycles. The van der Waals surface area contributed by atoms with Crippen molar-refractivity contribution in [2.75, 3.05) is 12.8 Å². The molecule has 0 fully saturated rings. The lowest BCUT2D eigenvalue weighted by atomic mass is 10.4. The zero-order valence-corrected chi connectivity index (χ0v) is 11.6. The monoisotopic (exact) mass is 296 g/mol. The van der Waals surface area contributed by atoms with Gasteiger partial charge >= 0.3 is 0 Å². The summed E-state index contributed by atoms with van der Waals surface area (Å²) in [6, 6.07) is 3.60. The third-order valence-corrected chi connectivity index (χ3v) is 3.76. The highest BCUT2D eigenvalue weighted by Crippen LogP contribution is 2.20. The molecule has 0 aliphatic rings. The normalized spacial score (nSPS) is 11.4. The van der Waals surface area contributed by atoms with Gasteiger partial charge in [-0.15, -0.1) is 11.3 Å². The number of carbonyl (C=O) groups excluding carboxylic acids is 1. The maximum Gasteiger partial charge on any atom is 0.221 e. The van der Waals surface area contributed by atoms with Crippen molar-refractivity contribution < 1.29 is 13.2 Å². The molecule has 0 aliphatic heterocycles. The van der Waals surface area contributed by atoms with Gasteiger partial charge in [-0.1, -0.05) is 11.6 Å². The van der Waals surface area contributed by atoms with E-state index in [-0.39, 0.29) is 18.9 Å². The highest BCUT2D eigenvalue weighted by Gasteiger charge is 2.05. The number of carbonyl (C=O) groups is 1. The summed E-state index contributed by atoms with van der Waals surface area (Å²) in [4.78, 5) is 12.3. The molecule has 0 atom stereocenters. The van der Waals surface area contributed by atoms with E-state index in [2.05, 4.69) is 10.0 Å². The molecule has 0 saturated heterocycles. The number of rotatable bonds is 6. The minimum atomic E-state index is -3.23. The van der Waals surface area contributed by atoms with Gasteiger partial charge in [0.15, 0.2) is 0 Å². The predicted molar refractivity (Wildman–Crippen MR) is 68.6 cm³/mol. The number of thiophene rings is 1. The second kappa shape index (κ2) is 6.34. The summed E-state index contributed by atoms with van der Waals surface area (Å²) in [6.45, 7) is 0.519. The molecule has 0 unspecified atom stereocenters. The first kappa shape index (κ1) is 14.4. The first-order valence-corrected chi connectivity index (χ1v) is 7.91. The fourth-order valence-electron chi connectivity index (χ4n) is 1.07. The van der Waals surface area contributed by atoms with E-state index in [9.17, 15) is 13.2 Å². The number of amides is 1. The number of nitrogens with one attached hydrogen (secondary N) is 2. The third-order valence-electron chi connectivity index (χ3n) is 1.80. The van der Waals surface area contributed by atoms with Gasteiger partial charge in [0.1, 0.15) is 0 Å². The Balaban J connectivity index is 2.22. The lowest BCUT2D eigenvalue weighted by Crippen LogP contribution is -2.29. The minimum absolute atomic E-state index is 0.107. The fourth-order valence-corrected chi connectivity index (χ4v) is 2.57. The summed E-state index contributed by atoms with van der Waals surface area (Å²) in [7, 11) is -3.23. The van der Waals surface area contributed by atoms with Crippen LogP contribution in [0.2, 0.25) is 4.34 Å². The molecule has 0 spiro atoms. The molecule has 8 heteroatoms. The molecule has 1 heterocycles.